The number of benzene rings is 2. The third kappa shape index (κ3) is 5.12. The molecule has 0 bridgehead atoms. The molecule has 0 aliphatic heterocycles. The predicted octanol–water partition coefficient (Wildman–Crippen LogP) is 6.69. The summed E-state index contributed by atoms with van der Waals surface area (Å²) in [7, 11) is 0. The fraction of sp³-hybridized carbons (Fsp3) is 0.185. The number of amides is 1. The lowest BCUT2D eigenvalue weighted by Crippen LogP contribution is -2.15. The summed E-state index contributed by atoms with van der Waals surface area (Å²) in [5.74, 6) is -0.394. The van der Waals surface area contributed by atoms with Crippen molar-refractivity contribution in [3.05, 3.63) is 101 Å². The molecule has 194 valence electrons. The lowest BCUT2D eigenvalue weighted by atomic mass is 10.0. The quantitative estimate of drug-likeness (QED) is 0.261. The molecule has 38 heavy (non-hydrogen) atoms. The van der Waals surface area contributed by atoms with Gasteiger partial charge in [0.05, 0.1) is 30.3 Å². The first-order chi connectivity index (χ1) is 18.1. The molecule has 5 aromatic rings. The van der Waals surface area contributed by atoms with Gasteiger partial charge >= 0.3 is 6.18 Å². The summed E-state index contributed by atoms with van der Waals surface area (Å²) in [6.07, 6.45) is -0.597. The number of hydrogen-bond donors (Lipinski definition) is 1. The monoisotopic (exact) mass is 538 g/mol. The number of alkyl halides is 3. The average Bonchev–Trinajstić information content (AvgIpc) is 3.51. The molecule has 2 aromatic carbocycles. The van der Waals surface area contributed by atoms with Gasteiger partial charge in [0.15, 0.2) is 11.3 Å². The molecule has 0 spiro atoms. The number of aromatic nitrogens is 5. The molecule has 3 heterocycles. The SMILES string of the molecule is CC(C)c1ccc(-c2cc(C(F)(F)F)n3ncc(C(=O)Nc4cnn(Cc5ccccc5Cl)c4)c3n2)cc1. The van der Waals surface area contributed by atoms with Crippen molar-refractivity contribution in [3.8, 4) is 11.3 Å². The molecule has 0 aliphatic carbocycles. The van der Waals surface area contributed by atoms with Crippen LogP contribution in [0.4, 0.5) is 18.9 Å². The smallest absolute Gasteiger partial charge is 0.319 e. The number of carbonyl (C=O) groups excluding carboxylic acids is 1. The van der Waals surface area contributed by atoms with Crippen LogP contribution < -0.4 is 5.32 Å². The number of fused-ring (bicyclic) bond motifs is 1. The van der Waals surface area contributed by atoms with Crippen LogP contribution in [0.1, 0.15) is 46.9 Å². The van der Waals surface area contributed by atoms with E-state index in [1.165, 1.54) is 6.20 Å². The zero-order chi connectivity index (χ0) is 27.0. The summed E-state index contributed by atoms with van der Waals surface area (Å²) in [5.41, 5.74) is 1.49. The van der Waals surface area contributed by atoms with Crippen LogP contribution in [0, 0.1) is 0 Å². The lowest BCUT2D eigenvalue weighted by Gasteiger charge is -2.12. The molecule has 11 heteroatoms. The highest BCUT2D eigenvalue weighted by molar-refractivity contribution is 6.31. The minimum Gasteiger partial charge on any atom is -0.319 e. The minimum atomic E-state index is -4.71. The number of anilines is 1. The van der Waals surface area contributed by atoms with Crippen LogP contribution in [0.25, 0.3) is 16.9 Å². The summed E-state index contributed by atoms with van der Waals surface area (Å²) < 4.78 is 44.1. The molecule has 0 aliphatic rings. The van der Waals surface area contributed by atoms with Gasteiger partial charge in [0.2, 0.25) is 0 Å². The number of carbonyl (C=O) groups is 1. The number of nitrogens with one attached hydrogen (secondary N) is 1. The fourth-order valence-electron chi connectivity index (χ4n) is 4.03. The van der Waals surface area contributed by atoms with E-state index in [4.69, 9.17) is 11.6 Å². The minimum absolute atomic E-state index is 0.0854. The second-order valence-corrected chi connectivity index (χ2v) is 9.47. The van der Waals surface area contributed by atoms with Crippen molar-refractivity contribution >= 4 is 28.8 Å². The van der Waals surface area contributed by atoms with E-state index in [1.54, 1.807) is 29.1 Å². The standard InChI is InChI=1S/C27H22ClF3N6O/c1-16(2)17-7-9-18(10-8-17)23-11-24(27(29,30)31)37-25(35-23)21(13-33-37)26(38)34-20-12-32-36(15-20)14-19-5-3-4-6-22(19)28/h3-13,15-16H,14H2,1-2H3,(H,34,38). The van der Waals surface area contributed by atoms with E-state index in [-0.39, 0.29) is 22.8 Å². The second-order valence-electron chi connectivity index (χ2n) is 9.07. The molecular weight excluding hydrogens is 517 g/mol. The topological polar surface area (TPSA) is 77.1 Å². The fourth-order valence-corrected chi connectivity index (χ4v) is 4.22. The number of halogens is 4. The van der Waals surface area contributed by atoms with E-state index in [1.807, 2.05) is 44.2 Å². The zero-order valence-corrected chi connectivity index (χ0v) is 21.1. The highest BCUT2D eigenvalue weighted by Gasteiger charge is 2.36. The average molecular weight is 539 g/mol. The molecule has 0 atom stereocenters. The normalized spacial score (nSPS) is 11.9. The van der Waals surface area contributed by atoms with Gasteiger partial charge in [-0.15, -0.1) is 0 Å². The highest BCUT2D eigenvalue weighted by atomic mass is 35.5. The second kappa shape index (κ2) is 9.94. The molecule has 0 fully saturated rings. The van der Waals surface area contributed by atoms with E-state index < -0.39 is 17.8 Å². The molecule has 0 radical (unpaired) electrons. The van der Waals surface area contributed by atoms with Crippen LogP contribution in [0.5, 0.6) is 0 Å². The summed E-state index contributed by atoms with van der Waals surface area (Å²) >= 11 is 6.20. The van der Waals surface area contributed by atoms with E-state index in [9.17, 15) is 18.0 Å². The maximum atomic E-state index is 13.9. The number of nitrogens with zero attached hydrogens (tertiary/aromatic N) is 5. The molecule has 5 rings (SSSR count). The van der Waals surface area contributed by atoms with Gasteiger partial charge in [-0.25, -0.2) is 9.50 Å². The highest BCUT2D eigenvalue weighted by Crippen LogP contribution is 2.33. The number of rotatable bonds is 6. The Bertz CT molecular complexity index is 1620. The first-order valence-electron chi connectivity index (χ1n) is 11.7. The van der Waals surface area contributed by atoms with Gasteiger partial charge in [-0.1, -0.05) is 67.9 Å². The van der Waals surface area contributed by atoms with Gasteiger partial charge in [-0.2, -0.15) is 23.4 Å². The summed E-state index contributed by atoms with van der Waals surface area (Å²) in [4.78, 5) is 17.5. The van der Waals surface area contributed by atoms with E-state index in [2.05, 4.69) is 20.5 Å². The Labute approximate surface area is 220 Å². The lowest BCUT2D eigenvalue weighted by molar-refractivity contribution is -0.142. The molecule has 0 saturated carbocycles. The molecule has 0 saturated heterocycles. The van der Waals surface area contributed by atoms with Gasteiger partial charge in [-0.3, -0.25) is 9.48 Å². The van der Waals surface area contributed by atoms with Crippen LogP contribution in [-0.4, -0.2) is 30.3 Å². The number of hydrogen-bond acceptors (Lipinski definition) is 4. The Hall–Kier alpha value is -4.18. The maximum Gasteiger partial charge on any atom is 0.433 e. The third-order valence-electron chi connectivity index (χ3n) is 6.06. The first kappa shape index (κ1) is 25.5. The van der Waals surface area contributed by atoms with Gasteiger partial charge in [0.1, 0.15) is 5.56 Å². The van der Waals surface area contributed by atoms with E-state index >= 15 is 0 Å². The molecule has 3 aromatic heterocycles. The Kier molecular flexibility index (Phi) is 6.66. The molecule has 7 nitrogen and oxygen atoms in total. The Balaban J connectivity index is 1.47. The van der Waals surface area contributed by atoms with Crippen molar-refractivity contribution in [1.29, 1.82) is 0 Å². The van der Waals surface area contributed by atoms with Crippen LogP contribution in [0.2, 0.25) is 5.02 Å². The van der Waals surface area contributed by atoms with Crippen molar-refractivity contribution in [2.75, 3.05) is 5.32 Å². The van der Waals surface area contributed by atoms with Gasteiger partial charge < -0.3 is 5.32 Å². The van der Waals surface area contributed by atoms with Crippen molar-refractivity contribution in [3.63, 3.8) is 0 Å². The summed E-state index contributed by atoms with van der Waals surface area (Å²) in [6, 6.07) is 15.4. The van der Waals surface area contributed by atoms with Crippen LogP contribution in [-0.2, 0) is 12.7 Å². The molecule has 1 amide bonds. The predicted molar refractivity (Wildman–Crippen MR) is 138 cm³/mol. The molecular formula is C27H22ClF3N6O. The summed E-state index contributed by atoms with van der Waals surface area (Å²) in [5, 5.41) is 11.3. The maximum absolute atomic E-state index is 13.9. The largest absolute Gasteiger partial charge is 0.433 e. The van der Waals surface area contributed by atoms with Crippen molar-refractivity contribution in [1.82, 2.24) is 24.4 Å². The van der Waals surface area contributed by atoms with Crippen molar-refractivity contribution < 1.29 is 18.0 Å². The zero-order valence-electron chi connectivity index (χ0n) is 20.4. The van der Waals surface area contributed by atoms with Crippen molar-refractivity contribution in [2.24, 2.45) is 0 Å². The Morgan fingerprint density at radius 2 is 1.79 bits per heavy atom. The van der Waals surface area contributed by atoms with Gasteiger partial charge in [0, 0.05) is 16.8 Å². The molecule has 0 unspecified atom stereocenters. The van der Waals surface area contributed by atoms with E-state index in [0.717, 1.165) is 23.4 Å². The van der Waals surface area contributed by atoms with Gasteiger partial charge in [0.25, 0.3) is 5.91 Å². The molecule has 1 N–H and O–H groups in total. The Morgan fingerprint density at radius 3 is 2.47 bits per heavy atom. The van der Waals surface area contributed by atoms with E-state index in [0.29, 0.717) is 27.3 Å². The van der Waals surface area contributed by atoms with Crippen molar-refractivity contribution in [2.45, 2.75) is 32.5 Å². The summed E-state index contributed by atoms with van der Waals surface area (Å²) in [6.45, 7) is 4.43. The third-order valence-corrected chi connectivity index (χ3v) is 6.43. The van der Waals surface area contributed by atoms with Crippen LogP contribution >= 0.6 is 11.6 Å². The first-order valence-corrected chi connectivity index (χ1v) is 12.1. The van der Waals surface area contributed by atoms with Crippen LogP contribution in [0.15, 0.2) is 73.2 Å². The van der Waals surface area contributed by atoms with Gasteiger partial charge in [-0.05, 0) is 29.2 Å². The van der Waals surface area contributed by atoms with Crippen LogP contribution in [0.3, 0.4) is 0 Å². The Morgan fingerprint density at radius 1 is 1.05 bits per heavy atom.